The molecule has 1 saturated heterocycles. The zero-order valence-corrected chi connectivity index (χ0v) is 9.39. The van der Waals surface area contributed by atoms with Crippen LogP contribution in [0.3, 0.4) is 0 Å². The van der Waals surface area contributed by atoms with E-state index in [1.165, 1.54) is 11.4 Å². The Balaban J connectivity index is 2.58. The van der Waals surface area contributed by atoms with Crippen LogP contribution in [0, 0.1) is 5.92 Å². The zero-order valence-electron chi connectivity index (χ0n) is 8.57. The van der Waals surface area contributed by atoms with Crippen molar-refractivity contribution in [2.75, 3.05) is 26.7 Å². The van der Waals surface area contributed by atoms with Gasteiger partial charge in [0, 0.05) is 20.1 Å². The smallest absolute Gasteiger partial charge is 0.279 e. The first kappa shape index (κ1) is 11.9. The Morgan fingerprint density at radius 3 is 2.71 bits per heavy atom. The molecule has 1 unspecified atom stereocenters. The second-order valence-electron chi connectivity index (χ2n) is 3.64. The van der Waals surface area contributed by atoms with Crippen molar-refractivity contribution in [2.45, 2.75) is 19.3 Å². The van der Waals surface area contributed by atoms with Gasteiger partial charge < -0.3 is 5.73 Å². The van der Waals surface area contributed by atoms with Crippen molar-refractivity contribution in [1.29, 1.82) is 0 Å². The van der Waals surface area contributed by atoms with Crippen LogP contribution in [0.5, 0.6) is 0 Å². The molecule has 1 aliphatic rings. The van der Waals surface area contributed by atoms with Crippen LogP contribution in [-0.4, -0.2) is 39.4 Å². The molecule has 6 heteroatoms. The summed E-state index contributed by atoms with van der Waals surface area (Å²) in [6.45, 7) is 1.86. The lowest BCUT2D eigenvalue weighted by Gasteiger charge is -2.18. The van der Waals surface area contributed by atoms with E-state index in [0.29, 0.717) is 25.6 Å². The Labute approximate surface area is 85.8 Å². The minimum atomic E-state index is -3.23. The molecule has 0 bridgehead atoms. The van der Waals surface area contributed by atoms with Crippen molar-refractivity contribution in [3.8, 4) is 0 Å². The maximum Gasteiger partial charge on any atom is 0.279 e. The average molecular weight is 221 g/mol. The molecule has 1 aliphatic heterocycles. The van der Waals surface area contributed by atoms with E-state index in [9.17, 15) is 8.42 Å². The molecule has 0 saturated carbocycles. The highest BCUT2D eigenvalue weighted by molar-refractivity contribution is 7.87. The Hall–Kier alpha value is -0.170. The van der Waals surface area contributed by atoms with Crippen molar-refractivity contribution < 1.29 is 8.42 Å². The predicted octanol–water partition coefficient (Wildman–Crippen LogP) is -0.489. The molecule has 1 fully saturated rings. The van der Waals surface area contributed by atoms with Gasteiger partial charge in [0.05, 0.1) is 0 Å². The third kappa shape index (κ3) is 2.91. The van der Waals surface area contributed by atoms with Crippen molar-refractivity contribution in [3.05, 3.63) is 0 Å². The van der Waals surface area contributed by atoms with E-state index in [4.69, 9.17) is 5.73 Å². The molecule has 3 N–H and O–H groups in total. The van der Waals surface area contributed by atoms with Gasteiger partial charge in [-0.1, -0.05) is 0 Å². The van der Waals surface area contributed by atoms with Crippen molar-refractivity contribution in [2.24, 2.45) is 11.7 Å². The van der Waals surface area contributed by atoms with Gasteiger partial charge >= 0.3 is 0 Å². The summed E-state index contributed by atoms with van der Waals surface area (Å²) in [5, 5.41) is 0. The maximum absolute atomic E-state index is 11.5. The van der Waals surface area contributed by atoms with E-state index in [2.05, 4.69) is 4.72 Å². The molecule has 1 rings (SSSR count). The van der Waals surface area contributed by atoms with E-state index in [-0.39, 0.29) is 0 Å². The van der Waals surface area contributed by atoms with Crippen molar-refractivity contribution in [3.63, 3.8) is 0 Å². The Kier molecular flexibility index (Phi) is 4.31. The fourth-order valence-electron chi connectivity index (χ4n) is 1.74. The van der Waals surface area contributed by atoms with E-state index in [1.807, 2.05) is 0 Å². The lowest BCUT2D eigenvalue weighted by atomic mass is 10.0. The average Bonchev–Trinajstić information content (AvgIpc) is 2.42. The summed E-state index contributed by atoms with van der Waals surface area (Å²) in [5.41, 5.74) is 5.58. The first-order chi connectivity index (χ1) is 6.60. The summed E-state index contributed by atoms with van der Waals surface area (Å²) in [5.74, 6) is 0.479. The molecule has 14 heavy (non-hydrogen) atoms. The fourth-order valence-corrected chi connectivity index (χ4v) is 2.72. The van der Waals surface area contributed by atoms with Crippen LogP contribution in [0.2, 0.25) is 0 Å². The van der Waals surface area contributed by atoms with E-state index in [0.717, 1.165) is 19.3 Å². The first-order valence-corrected chi connectivity index (χ1v) is 6.43. The first-order valence-electron chi connectivity index (χ1n) is 4.99. The van der Waals surface area contributed by atoms with Gasteiger partial charge in [0.1, 0.15) is 0 Å². The van der Waals surface area contributed by atoms with Crippen LogP contribution >= 0.6 is 0 Å². The lowest BCUT2D eigenvalue weighted by Crippen LogP contribution is -2.39. The number of hydrogen-bond acceptors (Lipinski definition) is 3. The highest BCUT2D eigenvalue weighted by atomic mass is 32.2. The van der Waals surface area contributed by atoms with E-state index in [1.54, 1.807) is 0 Å². The number of hydrogen-bond donors (Lipinski definition) is 2. The van der Waals surface area contributed by atoms with Gasteiger partial charge in [-0.2, -0.15) is 12.7 Å². The molecule has 0 amide bonds. The monoisotopic (exact) mass is 221 g/mol. The van der Waals surface area contributed by atoms with Gasteiger partial charge in [-0.15, -0.1) is 0 Å². The summed E-state index contributed by atoms with van der Waals surface area (Å²) in [6, 6.07) is 0. The second kappa shape index (κ2) is 5.06. The lowest BCUT2D eigenvalue weighted by molar-refractivity contribution is 0.408. The van der Waals surface area contributed by atoms with Gasteiger partial charge in [-0.25, -0.2) is 4.72 Å². The topological polar surface area (TPSA) is 75.4 Å². The summed E-state index contributed by atoms with van der Waals surface area (Å²) in [7, 11) is -1.79. The third-order valence-electron chi connectivity index (χ3n) is 2.74. The zero-order chi connectivity index (χ0) is 10.6. The van der Waals surface area contributed by atoms with Gasteiger partial charge in [-0.3, -0.25) is 0 Å². The van der Waals surface area contributed by atoms with Crippen LogP contribution in [0.25, 0.3) is 0 Å². The molecule has 0 aliphatic carbocycles. The Morgan fingerprint density at radius 2 is 2.14 bits per heavy atom. The molecule has 0 aromatic carbocycles. The molecule has 84 valence electrons. The third-order valence-corrected chi connectivity index (χ3v) is 4.30. The molecule has 1 atom stereocenters. The van der Waals surface area contributed by atoms with Crippen molar-refractivity contribution in [1.82, 2.24) is 9.03 Å². The fraction of sp³-hybridized carbons (Fsp3) is 1.00. The second-order valence-corrected chi connectivity index (χ2v) is 5.52. The van der Waals surface area contributed by atoms with E-state index >= 15 is 0 Å². The quantitative estimate of drug-likeness (QED) is 0.675. The molecule has 0 spiro atoms. The number of nitrogens with zero attached hydrogens (tertiary/aromatic N) is 1. The van der Waals surface area contributed by atoms with Crippen LogP contribution in [0.4, 0.5) is 0 Å². The van der Waals surface area contributed by atoms with Crippen LogP contribution in [0.1, 0.15) is 19.3 Å². The molecule has 5 nitrogen and oxygen atoms in total. The Bertz CT molecular complexity index is 266. The van der Waals surface area contributed by atoms with Crippen LogP contribution in [0.15, 0.2) is 0 Å². The minimum Gasteiger partial charge on any atom is -0.330 e. The molecular weight excluding hydrogens is 202 g/mol. The molecular formula is C8H19N3O2S. The maximum atomic E-state index is 11.5. The summed E-state index contributed by atoms with van der Waals surface area (Å²) < 4.78 is 26.8. The molecule has 1 heterocycles. The SMILES string of the molecule is CNS(=O)(=O)N1CCCC(CN)CC1. The van der Waals surface area contributed by atoms with Gasteiger partial charge in [0.15, 0.2) is 0 Å². The number of nitrogens with two attached hydrogens (primary N) is 1. The van der Waals surface area contributed by atoms with Gasteiger partial charge in [0.25, 0.3) is 10.2 Å². The predicted molar refractivity (Wildman–Crippen MR) is 55.9 cm³/mol. The van der Waals surface area contributed by atoms with Crippen LogP contribution < -0.4 is 10.5 Å². The highest BCUT2D eigenvalue weighted by Crippen LogP contribution is 2.17. The summed E-state index contributed by atoms with van der Waals surface area (Å²) in [4.78, 5) is 0. The number of rotatable bonds is 3. The largest absolute Gasteiger partial charge is 0.330 e. The minimum absolute atomic E-state index is 0.479. The summed E-state index contributed by atoms with van der Waals surface area (Å²) in [6.07, 6.45) is 2.81. The van der Waals surface area contributed by atoms with Gasteiger partial charge in [-0.05, 0) is 31.7 Å². The van der Waals surface area contributed by atoms with Crippen LogP contribution in [-0.2, 0) is 10.2 Å². The molecule has 0 aromatic heterocycles. The Morgan fingerprint density at radius 1 is 1.43 bits per heavy atom. The van der Waals surface area contributed by atoms with E-state index < -0.39 is 10.2 Å². The van der Waals surface area contributed by atoms with Gasteiger partial charge in [0.2, 0.25) is 0 Å². The molecule has 0 radical (unpaired) electrons. The molecule has 0 aromatic rings. The van der Waals surface area contributed by atoms with Crippen molar-refractivity contribution >= 4 is 10.2 Å². The number of nitrogens with one attached hydrogen (secondary N) is 1. The normalized spacial score (nSPS) is 26.0. The highest BCUT2D eigenvalue weighted by Gasteiger charge is 2.23. The standard InChI is InChI=1S/C8H19N3O2S/c1-10-14(12,13)11-5-2-3-8(7-9)4-6-11/h8,10H,2-7,9H2,1H3. The summed E-state index contributed by atoms with van der Waals surface area (Å²) >= 11 is 0.